The number of carbonyl (C=O) groups is 1. The first kappa shape index (κ1) is 28.1. The fourth-order valence-corrected chi connectivity index (χ4v) is 6.00. The molecule has 214 valence electrons. The second-order valence-corrected chi connectivity index (χ2v) is 12.1. The maximum atomic E-state index is 15.4. The Morgan fingerprint density at radius 2 is 1.74 bits per heavy atom. The van der Waals surface area contributed by atoms with Gasteiger partial charge in [0.1, 0.15) is 16.9 Å². The highest BCUT2D eigenvalue weighted by Crippen LogP contribution is 2.42. The topological polar surface area (TPSA) is 77.0 Å². The Kier molecular flexibility index (Phi) is 7.60. The Labute approximate surface area is 232 Å². The Morgan fingerprint density at radius 3 is 2.33 bits per heavy atom. The average molecular weight is 619 g/mol. The third kappa shape index (κ3) is 5.89. The molecule has 3 fully saturated rings. The van der Waals surface area contributed by atoms with E-state index in [0.29, 0.717) is 39.1 Å². The van der Waals surface area contributed by atoms with Gasteiger partial charge in [0, 0.05) is 31.7 Å². The quantitative estimate of drug-likeness (QED) is 0.392. The summed E-state index contributed by atoms with van der Waals surface area (Å²) >= 11 is 2.78. The molecule has 0 aliphatic carbocycles. The third-order valence-corrected chi connectivity index (χ3v) is 8.09. The summed E-state index contributed by atoms with van der Waals surface area (Å²) in [5.41, 5.74) is -2.07. The van der Waals surface area contributed by atoms with E-state index >= 15 is 4.39 Å². The SMILES string of the molecule is CC(C)(C)OC(=O)N1[C@@H]2CC[C@H]1CN(c1nc(OCC3CCOCC3)nc3c(F)c(Br)c(C(F)(F)F)cc13)C2. The summed E-state index contributed by atoms with van der Waals surface area (Å²) in [5, 5.41) is -0.0634. The van der Waals surface area contributed by atoms with Gasteiger partial charge in [0.25, 0.3) is 0 Å². The number of amides is 1. The molecule has 0 spiro atoms. The van der Waals surface area contributed by atoms with Crippen LogP contribution in [-0.4, -0.2) is 71.6 Å². The van der Waals surface area contributed by atoms with E-state index in [1.54, 1.807) is 25.7 Å². The van der Waals surface area contributed by atoms with Gasteiger partial charge in [-0.1, -0.05) is 0 Å². The number of alkyl halides is 3. The van der Waals surface area contributed by atoms with Crippen molar-refractivity contribution in [3.63, 3.8) is 0 Å². The molecule has 13 heteroatoms. The molecule has 2 aromatic rings. The third-order valence-electron chi connectivity index (χ3n) is 7.31. The zero-order chi connectivity index (χ0) is 28.1. The summed E-state index contributed by atoms with van der Waals surface area (Å²) in [6.07, 6.45) is -2.19. The molecule has 3 aliphatic heterocycles. The number of hydrogen-bond donors (Lipinski definition) is 0. The van der Waals surface area contributed by atoms with Gasteiger partial charge in [-0.25, -0.2) is 9.18 Å². The molecule has 8 nitrogen and oxygen atoms in total. The maximum absolute atomic E-state index is 15.4. The van der Waals surface area contributed by atoms with E-state index in [9.17, 15) is 18.0 Å². The van der Waals surface area contributed by atoms with Gasteiger partial charge in [-0.3, -0.25) is 4.90 Å². The van der Waals surface area contributed by atoms with Gasteiger partial charge in [-0.05, 0) is 74.4 Å². The van der Waals surface area contributed by atoms with Crippen LogP contribution in [-0.2, 0) is 15.7 Å². The second-order valence-electron chi connectivity index (χ2n) is 11.3. The molecule has 0 saturated carbocycles. The van der Waals surface area contributed by atoms with Crippen molar-refractivity contribution in [2.24, 2.45) is 5.92 Å². The van der Waals surface area contributed by atoms with Gasteiger partial charge in [0.15, 0.2) is 5.82 Å². The van der Waals surface area contributed by atoms with Crippen molar-refractivity contribution in [1.29, 1.82) is 0 Å². The van der Waals surface area contributed by atoms with E-state index in [1.807, 2.05) is 4.90 Å². The van der Waals surface area contributed by atoms with Crippen molar-refractivity contribution in [2.45, 2.75) is 70.3 Å². The van der Waals surface area contributed by atoms with Crippen LogP contribution in [0.5, 0.6) is 6.01 Å². The molecule has 0 N–H and O–H groups in total. The van der Waals surface area contributed by atoms with Crippen molar-refractivity contribution < 1.29 is 36.6 Å². The Morgan fingerprint density at radius 1 is 1.10 bits per heavy atom. The van der Waals surface area contributed by atoms with Crippen LogP contribution in [0.4, 0.5) is 28.2 Å². The highest BCUT2D eigenvalue weighted by Gasteiger charge is 2.45. The number of fused-ring (bicyclic) bond motifs is 3. The first-order valence-electron chi connectivity index (χ1n) is 13.1. The van der Waals surface area contributed by atoms with E-state index in [4.69, 9.17) is 14.2 Å². The van der Waals surface area contributed by atoms with Gasteiger partial charge in [0.05, 0.1) is 28.7 Å². The molecule has 1 aromatic heterocycles. The Balaban J connectivity index is 1.51. The number of halogens is 5. The molecule has 39 heavy (non-hydrogen) atoms. The van der Waals surface area contributed by atoms with Crippen LogP contribution in [0.15, 0.2) is 10.5 Å². The largest absolute Gasteiger partial charge is 0.463 e. The van der Waals surface area contributed by atoms with Crippen LogP contribution >= 0.6 is 15.9 Å². The van der Waals surface area contributed by atoms with E-state index in [2.05, 4.69) is 25.9 Å². The van der Waals surface area contributed by atoms with Crippen LogP contribution in [0, 0.1) is 11.7 Å². The number of benzene rings is 1. The van der Waals surface area contributed by atoms with Crippen LogP contribution in [0.2, 0.25) is 0 Å². The second kappa shape index (κ2) is 10.5. The highest BCUT2D eigenvalue weighted by molar-refractivity contribution is 9.10. The zero-order valence-corrected chi connectivity index (χ0v) is 23.6. The first-order chi connectivity index (χ1) is 18.3. The summed E-state index contributed by atoms with van der Waals surface area (Å²) in [5.74, 6) is -0.770. The van der Waals surface area contributed by atoms with Gasteiger partial charge in [-0.2, -0.15) is 23.1 Å². The van der Waals surface area contributed by atoms with Crippen LogP contribution in [0.1, 0.15) is 52.0 Å². The number of carbonyl (C=O) groups excluding carboxylic acids is 1. The summed E-state index contributed by atoms with van der Waals surface area (Å²) in [4.78, 5) is 25.1. The van der Waals surface area contributed by atoms with Crippen molar-refractivity contribution in [3.05, 3.63) is 21.9 Å². The number of hydrogen-bond acceptors (Lipinski definition) is 7. The lowest BCUT2D eigenvalue weighted by molar-refractivity contribution is -0.138. The molecule has 1 aromatic carbocycles. The normalized spacial score (nSPS) is 22.5. The fraction of sp³-hybridized carbons (Fsp3) is 0.654. The van der Waals surface area contributed by atoms with E-state index in [-0.39, 0.29) is 47.3 Å². The predicted octanol–water partition coefficient (Wildman–Crippen LogP) is 5.94. The molecule has 3 aliphatic rings. The molecular formula is C26H31BrF4N4O4. The van der Waals surface area contributed by atoms with Gasteiger partial charge >= 0.3 is 18.3 Å². The average Bonchev–Trinajstić information content (AvgIpc) is 3.13. The number of ether oxygens (including phenoxy) is 3. The summed E-state index contributed by atoms with van der Waals surface area (Å²) in [6.45, 7) is 7.51. The smallest absolute Gasteiger partial charge is 0.417 e. The Bertz CT molecular complexity index is 1240. The van der Waals surface area contributed by atoms with E-state index in [0.717, 1.165) is 18.9 Å². The minimum Gasteiger partial charge on any atom is -0.463 e. The van der Waals surface area contributed by atoms with Crippen molar-refractivity contribution in [3.8, 4) is 6.01 Å². The van der Waals surface area contributed by atoms with E-state index < -0.39 is 33.7 Å². The maximum Gasteiger partial charge on any atom is 0.417 e. The van der Waals surface area contributed by atoms with Crippen LogP contribution in [0.3, 0.4) is 0 Å². The predicted molar refractivity (Wildman–Crippen MR) is 138 cm³/mol. The number of piperazine rings is 1. The minimum atomic E-state index is -4.79. The van der Waals surface area contributed by atoms with Gasteiger partial charge < -0.3 is 19.1 Å². The lowest BCUT2D eigenvalue weighted by Gasteiger charge is -2.42. The highest BCUT2D eigenvalue weighted by atomic mass is 79.9. The fourth-order valence-electron chi connectivity index (χ4n) is 5.47. The van der Waals surface area contributed by atoms with Crippen LogP contribution < -0.4 is 9.64 Å². The number of nitrogens with zero attached hydrogens (tertiary/aromatic N) is 4. The monoisotopic (exact) mass is 618 g/mol. The zero-order valence-electron chi connectivity index (χ0n) is 22.0. The van der Waals surface area contributed by atoms with Crippen molar-refractivity contribution >= 4 is 38.7 Å². The summed E-state index contributed by atoms with van der Waals surface area (Å²) < 4.78 is 72.9. The lowest BCUT2D eigenvalue weighted by atomic mass is 10.0. The lowest BCUT2D eigenvalue weighted by Crippen LogP contribution is -2.57. The number of rotatable bonds is 4. The molecule has 0 radical (unpaired) electrons. The molecule has 4 heterocycles. The Hall–Kier alpha value is -2.41. The molecule has 2 bridgehead atoms. The standard InChI is InChI=1S/C26H31BrF4N4O4/c1-25(2,3)39-24(36)35-15-4-5-16(35)12-34(11-15)22-17-10-18(26(29,30)31)19(27)20(28)21(17)32-23(33-22)38-13-14-6-8-37-9-7-14/h10,14-16H,4-9,11-13H2,1-3H3/t15-,16+. The summed E-state index contributed by atoms with van der Waals surface area (Å²) in [7, 11) is 0. The molecule has 2 atom stereocenters. The molecule has 1 amide bonds. The molecule has 5 rings (SSSR count). The summed E-state index contributed by atoms with van der Waals surface area (Å²) in [6, 6.07) is 0.328. The minimum absolute atomic E-state index is 0.0634. The molecule has 3 saturated heterocycles. The number of anilines is 1. The van der Waals surface area contributed by atoms with Crippen molar-refractivity contribution in [1.82, 2.24) is 14.9 Å². The van der Waals surface area contributed by atoms with Gasteiger partial charge in [0.2, 0.25) is 0 Å². The van der Waals surface area contributed by atoms with E-state index in [1.165, 1.54) is 0 Å². The van der Waals surface area contributed by atoms with Crippen LogP contribution in [0.25, 0.3) is 10.9 Å². The van der Waals surface area contributed by atoms with Gasteiger partial charge in [-0.15, -0.1) is 0 Å². The number of aromatic nitrogens is 2. The molecule has 0 unspecified atom stereocenters. The van der Waals surface area contributed by atoms with Crippen molar-refractivity contribution in [2.75, 3.05) is 37.8 Å². The first-order valence-corrected chi connectivity index (χ1v) is 13.8. The molecular weight excluding hydrogens is 588 g/mol.